The number of aromatic nitrogens is 1. The van der Waals surface area contributed by atoms with E-state index in [0.29, 0.717) is 11.7 Å². The zero-order valence-electron chi connectivity index (χ0n) is 13.8. The molecule has 6 heteroatoms. The van der Waals surface area contributed by atoms with E-state index in [-0.39, 0.29) is 0 Å². The second-order valence-electron chi connectivity index (χ2n) is 5.82. The van der Waals surface area contributed by atoms with Gasteiger partial charge in [0.25, 0.3) is 5.89 Å². The van der Waals surface area contributed by atoms with Crippen LogP contribution in [0.1, 0.15) is 5.89 Å². The molecule has 26 heavy (non-hydrogen) atoms. The molecule has 4 aromatic rings. The van der Waals surface area contributed by atoms with Gasteiger partial charge in [-0.25, -0.2) is 4.98 Å². The zero-order valence-corrected chi connectivity index (χ0v) is 13.8. The number of benzene rings is 3. The lowest BCUT2D eigenvalue weighted by Gasteiger charge is -2.27. The SMILES string of the molecule is c1ccc(N2N=C(c3nc4ccccc4o3)NN2c2ccccc2)cc1. The number of anilines is 2. The van der Waals surface area contributed by atoms with Gasteiger partial charge in [-0.2, -0.15) is 10.2 Å². The van der Waals surface area contributed by atoms with Gasteiger partial charge in [0, 0.05) is 0 Å². The van der Waals surface area contributed by atoms with E-state index in [1.165, 1.54) is 0 Å². The summed E-state index contributed by atoms with van der Waals surface area (Å²) in [6, 6.07) is 27.6. The Hall–Kier alpha value is -3.80. The Labute approximate surface area is 149 Å². The number of para-hydroxylation sites is 4. The first-order chi connectivity index (χ1) is 12.9. The molecule has 0 saturated heterocycles. The Morgan fingerprint density at radius 1 is 0.731 bits per heavy atom. The summed E-state index contributed by atoms with van der Waals surface area (Å²) in [5.74, 6) is 1.000. The van der Waals surface area contributed by atoms with Crippen molar-refractivity contribution in [1.82, 2.24) is 10.4 Å². The first kappa shape index (κ1) is 14.5. The minimum absolute atomic E-state index is 0.450. The normalized spacial score (nSPS) is 13.8. The van der Waals surface area contributed by atoms with E-state index in [0.717, 1.165) is 22.5 Å². The number of amidine groups is 1. The lowest BCUT2D eigenvalue weighted by atomic mass is 10.3. The molecule has 126 valence electrons. The molecule has 0 radical (unpaired) electrons. The highest BCUT2D eigenvalue weighted by atomic mass is 16.4. The molecule has 0 spiro atoms. The van der Waals surface area contributed by atoms with Crippen LogP contribution in [0.3, 0.4) is 0 Å². The number of rotatable bonds is 3. The smallest absolute Gasteiger partial charge is 0.267 e. The predicted octanol–water partition coefficient (Wildman–Crippen LogP) is 3.94. The van der Waals surface area contributed by atoms with E-state index in [9.17, 15) is 0 Å². The molecule has 0 fully saturated rings. The molecule has 3 aromatic carbocycles. The highest BCUT2D eigenvalue weighted by molar-refractivity contribution is 6.00. The minimum Gasteiger partial charge on any atom is -0.434 e. The summed E-state index contributed by atoms with van der Waals surface area (Å²) in [4.78, 5) is 4.54. The number of fused-ring (bicyclic) bond motifs is 1. The minimum atomic E-state index is 0.450. The number of hydrazone groups is 1. The molecule has 1 N–H and O–H groups in total. The van der Waals surface area contributed by atoms with Crippen LogP contribution in [0.25, 0.3) is 11.1 Å². The van der Waals surface area contributed by atoms with Gasteiger partial charge in [0.05, 0.1) is 11.4 Å². The molecule has 5 rings (SSSR count). The number of hydrogen-bond donors (Lipinski definition) is 1. The maximum atomic E-state index is 5.86. The first-order valence-electron chi connectivity index (χ1n) is 8.30. The van der Waals surface area contributed by atoms with Crippen LogP contribution in [0.2, 0.25) is 0 Å². The monoisotopic (exact) mass is 341 g/mol. The number of hydrogen-bond acceptors (Lipinski definition) is 6. The van der Waals surface area contributed by atoms with Crippen molar-refractivity contribution in [2.45, 2.75) is 0 Å². The molecule has 0 bridgehead atoms. The van der Waals surface area contributed by atoms with Crippen LogP contribution in [0.4, 0.5) is 11.4 Å². The largest absolute Gasteiger partial charge is 0.434 e. The summed E-state index contributed by atoms with van der Waals surface area (Å²) >= 11 is 0. The standard InChI is InChI=1S/C20H15N5O/c1-3-9-15(10-4-1)24-22-19(23-25(24)16-11-5-2-6-12-16)20-21-17-13-7-8-14-18(17)26-20/h1-14H,(H,22,23). The maximum Gasteiger partial charge on any atom is 0.267 e. The number of oxazole rings is 1. The fourth-order valence-electron chi connectivity index (χ4n) is 2.85. The highest BCUT2D eigenvalue weighted by Gasteiger charge is 2.28. The average Bonchev–Trinajstić information content (AvgIpc) is 3.34. The Morgan fingerprint density at radius 3 is 2.12 bits per heavy atom. The van der Waals surface area contributed by atoms with Crippen LogP contribution < -0.4 is 15.7 Å². The Kier molecular flexibility index (Phi) is 3.31. The number of nitrogens with zero attached hydrogens (tertiary/aromatic N) is 4. The molecule has 1 aliphatic rings. The van der Waals surface area contributed by atoms with E-state index in [4.69, 9.17) is 9.52 Å². The van der Waals surface area contributed by atoms with E-state index < -0.39 is 0 Å². The van der Waals surface area contributed by atoms with E-state index >= 15 is 0 Å². The molecule has 1 aliphatic heterocycles. The summed E-state index contributed by atoms with van der Waals surface area (Å²) in [5.41, 5.74) is 6.70. The molecule has 0 atom stereocenters. The molecule has 0 aliphatic carbocycles. The van der Waals surface area contributed by atoms with Gasteiger partial charge in [-0.05, 0) is 36.4 Å². The van der Waals surface area contributed by atoms with Gasteiger partial charge in [0.2, 0.25) is 5.84 Å². The molecule has 1 aromatic heterocycles. The van der Waals surface area contributed by atoms with Gasteiger partial charge in [0.1, 0.15) is 5.52 Å². The van der Waals surface area contributed by atoms with Gasteiger partial charge in [0.15, 0.2) is 5.58 Å². The van der Waals surface area contributed by atoms with Crippen LogP contribution in [0.5, 0.6) is 0 Å². The molecular formula is C20H15N5O. The number of nitrogens with one attached hydrogen (secondary N) is 1. The fraction of sp³-hybridized carbons (Fsp3) is 0. The van der Waals surface area contributed by atoms with E-state index in [2.05, 4.69) is 10.4 Å². The first-order valence-corrected chi connectivity index (χ1v) is 8.30. The average molecular weight is 341 g/mol. The topological polar surface area (TPSA) is 56.9 Å². The summed E-state index contributed by atoms with van der Waals surface area (Å²) in [5, 5.41) is 8.34. The van der Waals surface area contributed by atoms with Gasteiger partial charge >= 0.3 is 0 Å². The van der Waals surface area contributed by atoms with Crippen molar-refractivity contribution in [3.05, 3.63) is 90.8 Å². The fourth-order valence-corrected chi connectivity index (χ4v) is 2.85. The van der Waals surface area contributed by atoms with Crippen molar-refractivity contribution in [2.75, 3.05) is 10.2 Å². The van der Waals surface area contributed by atoms with Crippen molar-refractivity contribution in [1.29, 1.82) is 0 Å². The molecule has 0 saturated carbocycles. The third kappa shape index (κ3) is 2.44. The second kappa shape index (κ2) is 5.93. The summed E-state index contributed by atoms with van der Waals surface area (Å²) in [7, 11) is 0. The molecular weight excluding hydrogens is 326 g/mol. The van der Waals surface area contributed by atoms with Crippen molar-refractivity contribution in [3.8, 4) is 0 Å². The molecule has 2 heterocycles. The van der Waals surface area contributed by atoms with Gasteiger partial charge in [-0.15, -0.1) is 5.10 Å². The number of hydrazine groups is 2. The van der Waals surface area contributed by atoms with Crippen molar-refractivity contribution in [3.63, 3.8) is 0 Å². The summed E-state index contributed by atoms with van der Waals surface area (Å²) in [6.45, 7) is 0. The van der Waals surface area contributed by atoms with Gasteiger partial charge < -0.3 is 4.42 Å². The van der Waals surface area contributed by atoms with Crippen LogP contribution in [-0.2, 0) is 0 Å². The van der Waals surface area contributed by atoms with Crippen LogP contribution in [0, 0.1) is 0 Å². The maximum absolute atomic E-state index is 5.86. The third-order valence-corrected chi connectivity index (χ3v) is 4.08. The highest BCUT2D eigenvalue weighted by Crippen LogP contribution is 2.26. The van der Waals surface area contributed by atoms with Gasteiger partial charge in [-0.3, -0.25) is 5.43 Å². The Morgan fingerprint density at radius 2 is 1.38 bits per heavy atom. The van der Waals surface area contributed by atoms with E-state index in [1.54, 1.807) is 5.12 Å². The van der Waals surface area contributed by atoms with Crippen molar-refractivity contribution < 1.29 is 4.42 Å². The van der Waals surface area contributed by atoms with Crippen LogP contribution in [0.15, 0.2) is 94.4 Å². The predicted molar refractivity (Wildman–Crippen MR) is 102 cm³/mol. The summed E-state index contributed by atoms with van der Waals surface area (Å²) in [6.07, 6.45) is 0. The van der Waals surface area contributed by atoms with E-state index in [1.807, 2.05) is 90.0 Å². The quantitative estimate of drug-likeness (QED) is 0.612. The van der Waals surface area contributed by atoms with Crippen molar-refractivity contribution >= 4 is 28.3 Å². The third-order valence-electron chi connectivity index (χ3n) is 4.08. The lowest BCUT2D eigenvalue weighted by Crippen LogP contribution is -2.44. The molecule has 6 nitrogen and oxygen atoms in total. The Bertz CT molecular complexity index is 1040. The van der Waals surface area contributed by atoms with Gasteiger partial charge in [-0.1, -0.05) is 48.5 Å². The molecule has 0 unspecified atom stereocenters. The van der Waals surface area contributed by atoms with Crippen LogP contribution >= 0.6 is 0 Å². The second-order valence-corrected chi connectivity index (χ2v) is 5.82. The van der Waals surface area contributed by atoms with Crippen molar-refractivity contribution in [2.24, 2.45) is 5.10 Å². The molecule has 0 amide bonds. The zero-order chi connectivity index (χ0) is 17.3. The Balaban J connectivity index is 1.58. The summed E-state index contributed by atoms with van der Waals surface area (Å²) < 4.78 is 5.86. The lowest BCUT2D eigenvalue weighted by molar-refractivity contribution is 0.586. The van der Waals surface area contributed by atoms with Crippen LogP contribution in [-0.4, -0.2) is 10.8 Å².